The largest absolute Gasteiger partial charge is 0.480 e. The Morgan fingerprint density at radius 3 is 2.62 bits per heavy atom. The zero-order valence-electron chi connectivity index (χ0n) is 9.04. The number of amides is 1. The molecule has 0 bridgehead atoms. The van der Waals surface area contributed by atoms with Gasteiger partial charge in [-0.15, -0.1) is 0 Å². The van der Waals surface area contributed by atoms with Crippen molar-refractivity contribution in [3.63, 3.8) is 0 Å². The summed E-state index contributed by atoms with van der Waals surface area (Å²) in [5, 5.41) is 18.2. The van der Waals surface area contributed by atoms with E-state index in [9.17, 15) is 14.7 Å². The average molecular weight is 225 g/mol. The third-order valence-corrected chi connectivity index (χ3v) is 2.39. The zero-order valence-corrected chi connectivity index (χ0v) is 9.04. The first-order chi connectivity index (χ1) is 7.56. The molecule has 0 radical (unpaired) electrons. The second-order valence-electron chi connectivity index (χ2n) is 3.62. The summed E-state index contributed by atoms with van der Waals surface area (Å²) >= 11 is 0. The van der Waals surface area contributed by atoms with Gasteiger partial charge in [0.05, 0.1) is 6.10 Å². The number of aliphatic hydroxyl groups is 1. The number of aliphatic carboxylic acids is 1. The smallest absolute Gasteiger partial charge is 0.326 e. The quantitative estimate of drug-likeness (QED) is 0.530. The number of hydrogen-bond acceptors (Lipinski definition) is 3. The molecule has 1 fully saturated rings. The van der Waals surface area contributed by atoms with E-state index in [1.54, 1.807) is 18.2 Å². The number of aliphatic hydroxyl groups excluding tert-OH is 1. The van der Waals surface area contributed by atoms with Crippen LogP contribution in [-0.4, -0.2) is 45.7 Å². The van der Waals surface area contributed by atoms with Gasteiger partial charge in [0.2, 0.25) is 5.91 Å². The van der Waals surface area contributed by atoms with Crippen LogP contribution in [0.3, 0.4) is 0 Å². The Bertz CT molecular complexity index is 335. The lowest BCUT2D eigenvalue weighted by molar-refractivity contribution is -0.146. The van der Waals surface area contributed by atoms with Crippen molar-refractivity contribution in [2.24, 2.45) is 0 Å². The van der Waals surface area contributed by atoms with E-state index >= 15 is 0 Å². The number of carboxylic acid groups (broad SMARTS) is 1. The average Bonchev–Trinajstić information content (AvgIpc) is 2.61. The van der Waals surface area contributed by atoms with Gasteiger partial charge >= 0.3 is 5.97 Å². The number of nitrogens with zero attached hydrogens (tertiary/aromatic N) is 1. The van der Waals surface area contributed by atoms with Gasteiger partial charge in [0.1, 0.15) is 6.04 Å². The van der Waals surface area contributed by atoms with Crippen LogP contribution in [0.25, 0.3) is 0 Å². The highest BCUT2D eigenvalue weighted by atomic mass is 16.4. The number of rotatable bonds is 3. The van der Waals surface area contributed by atoms with Crippen LogP contribution in [0.5, 0.6) is 0 Å². The van der Waals surface area contributed by atoms with Gasteiger partial charge in [-0.05, 0) is 6.92 Å². The van der Waals surface area contributed by atoms with Crippen molar-refractivity contribution >= 4 is 11.9 Å². The normalized spacial score (nSPS) is 25.8. The zero-order chi connectivity index (χ0) is 12.1. The van der Waals surface area contributed by atoms with E-state index < -0.39 is 18.1 Å². The maximum atomic E-state index is 11.6. The lowest BCUT2D eigenvalue weighted by Gasteiger charge is -2.18. The third kappa shape index (κ3) is 2.93. The number of allylic oxidation sites excluding steroid dienone is 3. The molecule has 1 aliphatic rings. The molecule has 0 spiro atoms. The minimum atomic E-state index is -1.08. The molecule has 5 nitrogen and oxygen atoms in total. The molecule has 1 rings (SSSR count). The standard InChI is InChI=1S/C11H15NO4/c1-2-3-4-5-10(14)12-7-8(13)6-9(12)11(15)16/h2-5,8-9,13H,6-7H2,1H3,(H,15,16)/t8-,9+/m1/s1. The van der Waals surface area contributed by atoms with Crippen molar-refractivity contribution in [3.8, 4) is 0 Å². The molecule has 1 saturated heterocycles. The van der Waals surface area contributed by atoms with Crippen molar-refractivity contribution in [2.45, 2.75) is 25.5 Å². The molecule has 1 amide bonds. The van der Waals surface area contributed by atoms with Crippen LogP contribution < -0.4 is 0 Å². The summed E-state index contributed by atoms with van der Waals surface area (Å²) in [6, 6.07) is -0.919. The first kappa shape index (κ1) is 12.4. The number of hydrogen-bond donors (Lipinski definition) is 2. The van der Waals surface area contributed by atoms with Gasteiger partial charge in [-0.3, -0.25) is 4.79 Å². The number of β-amino-alcohol motifs (C(OH)–C–C–N with tert-alkyl or cyclic N) is 1. The fourth-order valence-corrected chi connectivity index (χ4v) is 1.64. The molecule has 16 heavy (non-hydrogen) atoms. The molecule has 88 valence electrons. The third-order valence-electron chi connectivity index (χ3n) is 2.39. The van der Waals surface area contributed by atoms with Gasteiger partial charge in [0.15, 0.2) is 0 Å². The minimum Gasteiger partial charge on any atom is -0.480 e. The highest BCUT2D eigenvalue weighted by Gasteiger charge is 2.37. The Morgan fingerprint density at radius 1 is 1.38 bits per heavy atom. The molecule has 2 atom stereocenters. The van der Waals surface area contributed by atoms with Gasteiger partial charge in [0.25, 0.3) is 0 Å². The molecule has 0 saturated carbocycles. The van der Waals surface area contributed by atoms with Crippen LogP contribution in [0, 0.1) is 0 Å². The molecule has 1 aliphatic heterocycles. The Hall–Kier alpha value is -1.62. The van der Waals surface area contributed by atoms with Gasteiger partial charge in [-0.1, -0.05) is 18.2 Å². The molecule has 1 heterocycles. The lowest BCUT2D eigenvalue weighted by Crippen LogP contribution is -2.39. The Labute approximate surface area is 93.7 Å². The van der Waals surface area contributed by atoms with Crippen LogP contribution in [0.15, 0.2) is 24.3 Å². The number of carbonyl (C=O) groups excluding carboxylic acids is 1. The molecule has 2 N–H and O–H groups in total. The van der Waals surface area contributed by atoms with Crippen LogP contribution in [-0.2, 0) is 9.59 Å². The van der Waals surface area contributed by atoms with E-state index in [2.05, 4.69) is 0 Å². The predicted octanol–water partition coefficient (Wildman–Crippen LogP) is 0.165. The minimum absolute atomic E-state index is 0.0793. The first-order valence-electron chi connectivity index (χ1n) is 5.07. The second kappa shape index (κ2) is 5.46. The SMILES string of the molecule is CC=CC=CC(=O)N1C[C@H](O)C[C@H]1C(=O)O. The Morgan fingerprint density at radius 2 is 2.06 bits per heavy atom. The van der Waals surface area contributed by atoms with Crippen LogP contribution in [0.2, 0.25) is 0 Å². The van der Waals surface area contributed by atoms with Gasteiger partial charge < -0.3 is 15.1 Å². The molecular weight excluding hydrogens is 210 g/mol. The monoisotopic (exact) mass is 225 g/mol. The maximum Gasteiger partial charge on any atom is 0.326 e. The summed E-state index contributed by atoms with van der Waals surface area (Å²) in [4.78, 5) is 23.6. The van der Waals surface area contributed by atoms with E-state index in [1.807, 2.05) is 6.92 Å². The van der Waals surface area contributed by atoms with Crippen molar-refractivity contribution in [2.75, 3.05) is 6.54 Å². The molecule has 0 aliphatic carbocycles. The number of carbonyl (C=O) groups is 2. The summed E-state index contributed by atoms with van der Waals surface area (Å²) in [5.74, 6) is -1.47. The van der Waals surface area contributed by atoms with Crippen molar-refractivity contribution < 1.29 is 19.8 Å². The van der Waals surface area contributed by atoms with Gasteiger partial charge in [-0.25, -0.2) is 4.79 Å². The van der Waals surface area contributed by atoms with E-state index in [4.69, 9.17) is 5.11 Å². The lowest BCUT2D eigenvalue weighted by atomic mass is 10.2. The Kier molecular flexibility index (Phi) is 4.25. The second-order valence-corrected chi connectivity index (χ2v) is 3.62. The van der Waals surface area contributed by atoms with Crippen molar-refractivity contribution in [3.05, 3.63) is 24.3 Å². The molecule has 0 aromatic rings. The maximum absolute atomic E-state index is 11.6. The topological polar surface area (TPSA) is 77.8 Å². The van der Waals surface area contributed by atoms with E-state index in [1.165, 1.54) is 11.0 Å². The van der Waals surface area contributed by atoms with Crippen molar-refractivity contribution in [1.29, 1.82) is 0 Å². The first-order valence-corrected chi connectivity index (χ1v) is 5.07. The van der Waals surface area contributed by atoms with Crippen LogP contribution >= 0.6 is 0 Å². The van der Waals surface area contributed by atoms with E-state index in [0.29, 0.717) is 0 Å². The fourth-order valence-electron chi connectivity index (χ4n) is 1.64. The van der Waals surface area contributed by atoms with E-state index in [0.717, 1.165) is 0 Å². The number of likely N-dealkylation sites (tertiary alicyclic amines) is 1. The van der Waals surface area contributed by atoms with E-state index in [-0.39, 0.29) is 18.9 Å². The number of carboxylic acids is 1. The summed E-state index contributed by atoms with van der Waals surface area (Å²) in [6.45, 7) is 1.89. The molecular formula is C11H15NO4. The highest BCUT2D eigenvalue weighted by Crippen LogP contribution is 2.18. The van der Waals surface area contributed by atoms with Crippen LogP contribution in [0.1, 0.15) is 13.3 Å². The predicted molar refractivity (Wildman–Crippen MR) is 57.7 cm³/mol. The highest BCUT2D eigenvalue weighted by molar-refractivity contribution is 5.91. The van der Waals surface area contributed by atoms with Gasteiger partial charge in [0, 0.05) is 19.0 Å². The fraction of sp³-hybridized carbons (Fsp3) is 0.455. The summed E-state index contributed by atoms with van der Waals surface area (Å²) < 4.78 is 0. The van der Waals surface area contributed by atoms with Crippen LogP contribution in [0.4, 0.5) is 0 Å². The molecule has 0 aromatic heterocycles. The summed E-state index contributed by atoms with van der Waals surface area (Å²) in [7, 11) is 0. The molecule has 5 heteroatoms. The summed E-state index contributed by atoms with van der Waals surface area (Å²) in [5.41, 5.74) is 0. The molecule has 0 unspecified atom stereocenters. The molecule has 0 aromatic carbocycles. The van der Waals surface area contributed by atoms with Gasteiger partial charge in [-0.2, -0.15) is 0 Å². The summed E-state index contributed by atoms with van der Waals surface area (Å²) in [6.07, 6.45) is 5.63. The van der Waals surface area contributed by atoms with Crippen molar-refractivity contribution in [1.82, 2.24) is 4.90 Å². The Balaban J connectivity index is 2.70.